The number of esters is 1. The molecule has 3 heterocycles. The summed E-state index contributed by atoms with van der Waals surface area (Å²) in [5.74, 6) is -1.55. The average Bonchev–Trinajstić information content (AvgIpc) is 3.49. The van der Waals surface area contributed by atoms with Crippen LogP contribution in [0.15, 0.2) is 137 Å². The van der Waals surface area contributed by atoms with Gasteiger partial charge in [-0.2, -0.15) is 0 Å². The molecule has 0 saturated carbocycles. The van der Waals surface area contributed by atoms with Crippen molar-refractivity contribution in [3.8, 4) is 5.75 Å². The third-order valence-corrected chi connectivity index (χ3v) is 13.9. The Labute approximate surface area is 399 Å². The van der Waals surface area contributed by atoms with Gasteiger partial charge in [0.15, 0.2) is 5.60 Å². The summed E-state index contributed by atoms with van der Waals surface area (Å²) in [6, 6.07) is 42.2. The summed E-state index contributed by atoms with van der Waals surface area (Å²) in [6.45, 7) is 6.55. The Morgan fingerprint density at radius 1 is 0.833 bits per heavy atom. The zero-order chi connectivity index (χ0) is 47.4. The summed E-state index contributed by atoms with van der Waals surface area (Å²) in [6.07, 6.45) is 4.91. The first-order chi connectivity index (χ1) is 31.6. The first-order valence-corrected chi connectivity index (χ1v) is 23.8. The number of ether oxygens (including phenoxy) is 2. The topological polar surface area (TPSA) is 132 Å². The molecule has 66 heavy (non-hydrogen) atoms. The van der Waals surface area contributed by atoms with Crippen molar-refractivity contribution in [1.29, 1.82) is 0 Å². The first kappa shape index (κ1) is 50.1. The van der Waals surface area contributed by atoms with Gasteiger partial charge in [-0.05, 0) is 146 Å². The lowest BCUT2D eigenvalue weighted by atomic mass is 9.98. The smallest absolute Gasteiger partial charge is 0.347 e. The minimum absolute atomic E-state index is 0.00367. The monoisotopic (exact) mass is 934 g/mol. The number of para-hydroxylation sites is 2. The maximum atomic E-state index is 12.4. The molecule has 2 bridgehead atoms. The van der Waals surface area contributed by atoms with Crippen molar-refractivity contribution >= 4 is 52.6 Å². The minimum Gasteiger partial charge on any atom is -0.478 e. The molecule has 13 heteroatoms. The summed E-state index contributed by atoms with van der Waals surface area (Å²) in [7, 11) is 6.45. The van der Waals surface area contributed by atoms with E-state index in [2.05, 4.69) is 96.6 Å². The number of amides is 1. The number of aliphatic hydroxyl groups is 1. The summed E-state index contributed by atoms with van der Waals surface area (Å²) < 4.78 is 11.2. The molecule has 8 rings (SSSR count). The quantitative estimate of drug-likeness (QED) is 0.0921. The van der Waals surface area contributed by atoms with Crippen molar-refractivity contribution in [1.82, 2.24) is 15.1 Å². The molecule has 3 aliphatic heterocycles. The summed E-state index contributed by atoms with van der Waals surface area (Å²) in [5.41, 5.74) is 3.75. The van der Waals surface area contributed by atoms with Crippen LogP contribution in [0.3, 0.4) is 0 Å². The molecular weight excluding hydrogens is 872 g/mol. The summed E-state index contributed by atoms with van der Waals surface area (Å²) in [5, 5.41) is 22.0. The van der Waals surface area contributed by atoms with E-state index in [-0.39, 0.29) is 24.6 Å². The van der Waals surface area contributed by atoms with Crippen LogP contribution in [0, 0.1) is 0 Å². The number of aliphatic carboxylic acids is 1. The van der Waals surface area contributed by atoms with E-state index >= 15 is 0 Å². The number of nitrogens with one attached hydrogen (secondary N) is 1. The molecule has 2 fully saturated rings. The Kier molecular flexibility index (Phi) is 17.7. The maximum absolute atomic E-state index is 12.4. The third kappa shape index (κ3) is 13.4. The lowest BCUT2D eigenvalue weighted by Gasteiger charge is -2.36. The molecule has 5 aromatic carbocycles. The van der Waals surface area contributed by atoms with Gasteiger partial charge < -0.3 is 39.7 Å². The van der Waals surface area contributed by atoms with Crippen LogP contribution in [0.2, 0.25) is 5.02 Å². The molecule has 0 aromatic heterocycles. The minimum atomic E-state index is -1.28. The van der Waals surface area contributed by atoms with Crippen LogP contribution in [-0.2, 0) is 20.7 Å². The van der Waals surface area contributed by atoms with E-state index in [1.807, 2.05) is 54.2 Å². The molecule has 0 radical (unpaired) electrons. The van der Waals surface area contributed by atoms with E-state index in [0.29, 0.717) is 47.4 Å². The first-order valence-electron chi connectivity index (χ1n) is 22.6. The number of carbonyl (C=O) groups excluding carboxylic acids is 2. The second-order valence-electron chi connectivity index (χ2n) is 17.8. The number of carboxylic acid groups (broad SMARTS) is 1. The zero-order valence-corrected chi connectivity index (χ0v) is 40.3. The highest BCUT2D eigenvalue weighted by Crippen LogP contribution is 2.48. The molecule has 0 spiro atoms. The lowest BCUT2D eigenvalue weighted by molar-refractivity contribution is -0.155. The molecule has 3 N–H and O–H groups in total. The van der Waals surface area contributed by atoms with E-state index < -0.39 is 17.5 Å². The maximum Gasteiger partial charge on any atom is 0.347 e. The SMILES string of the molecule is CC(C)(Oc1ccc(CCNC(=O)c2ccc(Cl)cc2)cc1)C(=O)O.CC(CN1c2ccccc2Sc2ccccc21)N(C)C.CN1[C@@H]2CC[C@H]1C[C@@H](OC(=O)C(CO)c1ccccc1)C2. The Morgan fingerprint density at radius 2 is 1.39 bits per heavy atom. The highest BCUT2D eigenvalue weighted by atomic mass is 35.5. The predicted octanol–water partition coefficient (Wildman–Crippen LogP) is 9.72. The number of fused-ring (bicyclic) bond motifs is 4. The van der Waals surface area contributed by atoms with Crippen LogP contribution in [-0.4, -0.2) is 109 Å². The number of carboxylic acids is 1. The van der Waals surface area contributed by atoms with Gasteiger partial charge in [0.25, 0.3) is 5.91 Å². The number of anilines is 2. The molecule has 2 saturated heterocycles. The average molecular weight is 936 g/mol. The van der Waals surface area contributed by atoms with E-state index in [0.717, 1.165) is 30.5 Å². The molecule has 11 nitrogen and oxygen atoms in total. The second kappa shape index (κ2) is 23.4. The number of benzene rings is 5. The molecule has 0 aliphatic carbocycles. The number of hydrogen-bond acceptors (Lipinski definition) is 10. The van der Waals surface area contributed by atoms with Crippen LogP contribution in [0.5, 0.6) is 5.75 Å². The molecule has 350 valence electrons. The Hall–Kier alpha value is -5.37. The van der Waals surface area contributed by atoms with Crippen molar-refractivity contribution in [3.63, 3.8) is 0 Å². The van der Waals surface area contributed by atoms with Crippen LogP contribution in [0.4, 0.5) is 11.4 Å². The van der Waals surface area contributed by atoms with E-state index in [1.165, 1.54) is 47.9 Å². The van der Waals surface area contributed by atoms with Crippen molar-refractivity contribution in [3.05, 3.63) is 149 Å². The number of piperidine rings is 1. The van der Waals surface area contributed by atoms with E-state index in [9.17, 15) is 19.5 Å². The molecule has 5 atom stereocenters. The van der Waals surface area contributed by atoms with Gasteiger partial charge in [0, 0.05) is 51.6 Å². The Bertz CT molecular complexity index is 2310. The fourth-order valence-electron chi connectivity index (χ4n) is 8.20. The number of halogens is 1. The molecular formula is C53H63ClN4O7S. The van der Waals surface area contributed by atoms with Crippen LogP contribution in [0.1, 0.15) is 73.9 Å². The van der Waals surface area contributed by atoms with E-state index in [4.69, 9.17) is 26.2 Å². The van der Waals surface area contributed by atoms with Crippen molar-refractivity contribution in [2.75, 3.05) is 45.7 Å². The Balaban J connectivity index is 0.000000165. The summed E-state index contributed by atoms with van der Waals surface area (Å²) in [4.78, 5) is 45.2. The predicted molar refractivity (Wildman–Crippen MR) is 263 cm³/mol. The standard InChI is InChI=1S/C19H20ClNO4.C17H20N2S.C17H23NO3/c1-19(2,18(23)24)25-16-9-3-13(4-10-16)11-12-21-17(22)14-5-7-15(20)8-6-14;1-13(18(2)3)12-19-14-8-4-6-10-16(14)20-17-11-7-5-9-15(17)19;1-18-13-7-8-14(18)10-15(9-13)21-17(20)16(11-19)12-5-3-2-4-6-12/h3-10H,11-12H2,1-2H3,(H,21,22)(H,23,24);4-11,13H,12H2,1-3H3;2-6,13-16,19H,7-11H2,1H3/t;;13-,14+,15+,16?. The summed E-state index contributed by atoms with van der Waals surface area (Å²) >= 11 is 7.66. The van der Waals surface area contributed by atoms with Gasteiger partial charge in [0.1, 0.15) is 17.8 Å². The van der Waals surface area contributed by atoms with Gasteiger partial charge in [-0.1, -0.05) is 90.1 Å². The number of likely N-dealkylation sites (N-methyl/N-ethyl adjacent to an activating group) is 1. The fraction of sp³-hybridized carbons (Fsp3) is 0.377. The van der Waals surface area contributed by atoms with Gasteiger partial charge in [0.05, 0.1) is 18.0 Å². The molecule has 3 aliphatic rings. The van der Waals surface area contributed by atoms with Crippen LogP contribution in [0.25, 0.3) is 0 Å². The molecule has 1 amide bonds. The third-order valence-electron chi connectivity index (χ3n) is 12.5. The van der Waals surface area contributed by atoms with E-state index in [1.54, 1.807) is 36.4 Å². The second-order valence-corrected chi connectivity index (χ2v) is 19.3. The zero-order valence-electron chi connectivity index (χ0n) is 38.7. The Morgan fingerprint density at radius 3 is 1.94 bits per heavy atom. The highest BCUT2D eigenvalue weighted by Gasteiger charge is 2.40. The number of hydrogen-bond donors (Lipinski definition) is 3. The van der Waals surface area contributed by atoms with Crippen molar-refractivity contribution < 1.29 is 34.1 Å². The largest absolute Gasteiger partial charge is 0.478 e. The number of aliphatic hydroxyl groups excluding tert-OH is 1. The molecule has 5 aromatic rings. The number of carbonyl (C=O) groups is 3. The van der Waals surface area contributed by atoms with Gasteiger partial charge in [-0.3, -0.25) is 9.59 Å². The fourth-order valence-corrected chi connectivity index (χ4v) is 9.42. The van der Waals surface area contributed by atoms with Gasteiger partial charge in [-0.15, -0.1) is 0 Å². The van der Waals surface area contributed by atoms with Gasteiger partial charge in [0.2, 0.25) is 0 Å². The lowest BCUT2D eigenvalue weighted by Crippen LogP contribution is -2.43. The number of nitrogens with zero attached hydrogens (tertiary/aromatic N) is 3. The van der Waals surface area contributed by atoms with Crippen LogP contribution >= 0.6 is 23.4 Å². The van der Waals surface area contributed by atoms with Crippen molar-refractivity contribution in [2.45, 2.75) is 98.4 Å². The molecule has 2 unspecified atom stereocenters. The van der Waals surface area contributed by atoms with Gasteiger partial charge in [-0.25, -0.2) is 4.79 Å². The number of rotatable bonds is 14. The highest BCUT2D eigenvalue weighted by molar-refractivity contribution is 7.99. The van der Waals surface area contributed by atoms with Gasteiger partial charge >= 0.3 is 11.9 Å². The van der Waals surface area contributed by atoms with Crippen LogP contribution < -0.4 is 15.0 Å². The van der Waals surface area contributed by atoms with Crippen molar-refractivity contribution in [2.24, 2.45) is 0 Å². The normalized spacial score (nSPS) is 18.3.